The summed E-state index contributed by atoms with van der Waals surface area (Å²) in [6.45, 7) is -2.59. The quantitative estimate of drug-likeness (QED) is 0.678. The second-order valence-electron chi connectivity index (χ2n) is 5.45. The number of alkyl halides is 2. The van der Waals surface area contributed by atoms with Crippen LogP contribution in [0.15, 0.2) is 42.5 Å². The number of carbonyl (C=O) groups excluding carboxylic acids is 1. The van der Waals surface area contributed by atoms with Gasteiger partial charge in [0.15, 0.2) is 11.5 Å². The van der Waals surface area contributed by atoms with Gasteiger partial charge in [-0.25, -0.2) is 4.98 Å². The summed E-state index contributed by atoms with van der Waals surface area (Å²) in [5, 5.41) is 2.76. The van der Waals surface area contributed by atoms with Gasteiger partial charge in [-0.1, -0.05) is 12.1 Å². The monoisotopic (exact) mass is 361 g/mol. The fourth-order valence-electron chi connectivity index (χ4n) is 2.52. The molecule has 0 atom stereocenters. The lowest BCUT2D eigenvalue weighted by Crippen LogP contribution is -2.26. The summed E-state index contributed by atoms with van der Waals surface area (Å²) >= 11 is 0. The van der Waals surface area contributed by atoms with Crippen molar-refractivity contribution in [1.29, 1.82) is 0 Å². The number of aromatic nitrogens is 2. The Morgan fingerprint density at radius 3 is 2.77 bits per heavy atom. The summed E-state index contributed by atoms with van der Waals surface area (Å²) in [5.74, 6) is 0.365. The molecule has 0 unspecified atom stereocenters. The Balaban J connectivity index is 1.60. The molecule has 0 spiro atoms. The van der Waals surface area contributed by atoms with Crippen molar-refractivity contribution < 1.29 is 23.0 Å². The molecule has 0 aliphatic heterocycles. The summed E-state index contributed by atoms with van der Waals surface area (Å²) in [4.78, 5) is 19.8. The maximum absolute atomic E-state index is 12.3. The normalized spacial score (nSPS) is 10.9. The molecule has 0 aliphatic rings. The molecule has 2 aromatic carbocycles. The first-order valence-electron chi connectivity index (χ1n) is 7.91. The third-order valence-corrected chi connectivity index (χ3v) is 3.73. The number of para-hydroxylation sites is 2. The van der Waals surface area contributed by atoms with Crippen molar-refractivity contribution in [1.82, 2.24) is 15.3 Å². The Labute approximate surface area is 148 Å². The molecule has 0 fully saturated rings. The van der Waals surface area contributed by atoms with E-state index in [0.717, 1.165) is 16.9 Å². The molecule has 2 N–H and O–H groups in total. The molecule has 1 aromatic heterocycles. The molecule has 0 radical (unpaired) electrons. The van der Waals surface area contributed by atoms with E-state index >= 15 is 0 Å². The zero-order valence-electron chi connectivity index (χ0n) is 14.0. The number of rotatable bonds is 7. The lowest BCUT2D eigenvalue weighted by Gasteiger charge is -2.11. The van der Waals surface area contributed by atoms with Crippen LogP contribution in [0.25, 0.3) is 11.0 Å². The lowest BCUT2D eigenvalue weighted by molar-refractivity contribution is -0.0512. The van der Waals surface area contributed by atoms with Crippen molar-refractivity contribution >= 4 is 16.9 Å². The van der Waals surface area contributed by atoms with Gasteiger partial charge >= 0.3 is 6.61 Å². The van der Waals surface area contributed by atoms with Crippen molar-refractivity contribution in [2.75, 3.05) is 13.7 Å². The molecule has 8 heteroatoms. The van der Waals surface area contributed by atoms with Crippen LogP contribution in [-0.4, -0.2) is 36.1 Å². The minimum atomic E-state index is -2.97. The summed E-state index contributed by atoms with van der Waals surface area (Å²) in [6, 6.07) is 11.7. The molecular weight excluding hydrogens is 344 g/mol. The number of amides is 1. The average molecular weight is 361 g/mol. The van der Waals surface area contributed by atoms with Crippen LogP contribution in [0, 0.1) is 0 Å². The molecular formula is C18H17F2N3O3. The van der Waals surface area contributed by atoms with Gasteiger partial charge in [0.2, 0.25) is 0 Å². The standard InChI is InChI=1S/C18H17F2N3O3/c1-25-15-10-11(6-7-14(15)26-18(19)20)17(24)21-9-8-16-22-12-4-2-3-5-13(12)23-16/h2-7,10,18H,8-9H2,1H3,(H,21,24)(H,22,23). The first-order valence-corrected chi connectivity index (χ1v) is 7.91. The van der Waals surface area contributed by atoms with Gasteiger partial charge in [-0.3, -0.25) is 4.79 Å². The molecule has 3 rings (SSSR count). The highest BCUT2D eigenvalue weighted by Gasteiger charge is 2.14. The van der Waals surface area contributed by atoms with Crippen LogP contribution >= 0.6 is 0 Å². The Bertz CT molecular complexity index is 879. The van der Waals surface area contributed by atoms with Crippen molar-refractivity contribution in [2.24, 2.45) is 0 Å². The Morgan fingerprint density at radius 2 is 2.04 bits per heavy atom. The van der Waals surface area contributed by atoms with E-state index in [-0.39, 0.29) is 23.0 Å². The van der Waals surface area contributed by atoms with E-state index in [0.29, 0.717) is 13.0 Å². The minimum Gasteiger partial charge on any atom is -0.493 e. The van der Waals surface area contributed by atoms with E-state index in [1.54, 1.807) is 0 Å². The first-order chi connectivity index (χ1) is 12.6. The van der Waals surface area contributed by atoms with E-state index in [1.165, 1.54) is 25.3 Å². The van der Waals surface area contributed by atoms with Gasteiger partial charge in [0.1, 0.15) is 5.82 Å². The Kier molecular flexibility index (Phi) is 5.31. The van der Waals surface area contributed by atoms with Gasteiger partial charge in [-0.05, 0) is 30.3 Å². The van der Waals surface area contributed by atoms with Crippen molar-refractivity contribution in [3.8, 4) is 11.5 Å². The van der Waals surface area contributed by atoms with Gasteiger partial charge in [-0.2, -0.15) is 8.78 Å². The van der Waals surface area contributed by atoms with Crippen LogP contribution in [0.2, 0.25) is 0 Å². The third-order valence-electron chi connectivity index (χ3n) is 3.73. The Morgan fingerprint density at radius 1 is 1.23 bits per heavy atom. The number of hydrogen-bond donors (Lipinski definition) is 2. The highest BCUT2D eigenvalue weighted by molar-refractivity contribution is 5.94. The van der Waals surface area contributed by atoms with Crippen LogP contribution in [0.3, 0.4) is 0 Å². The van der Waals surface area contributed by atoms with E-state index in [9.17, 15) is 13.6 Å². The number of halogens is 2. The van der Waals surface area contributed by atoms with Crippen LogP contribution in [0.4, 0.5) is 8.78 Å². The molecule has 1 heterocycles. The lowest BCUT2D eigenvalue weighted by atomic mass is 10.2. The second kappa shape index (κ2) is 7.81. The molecule has 0 aliphatic carbocycles. The zero-order chi connectivity index (χ0) is 18.5. The Hall–Kier alpha value is -3.16. The van der Waals surface area contributed by atoms with E-state index in [1.807, 2.05) is 24.3 Å². The summed E-state index contributed by atoms with van der Waals surface area (Å²) in [7, 11) is 1.32. The number of benzene rings is 2. The SMILES string of the molecule is COc1cc(C(=O)NCCc2nc3ccccc3[nH]2)ccc1OC(F)F. The maximum Gasteiger partial charge on any atom is 0.387 e. The van der Waals surface area contributed by atoms with Gasteiger partial charge in [0, 0.05) is 18.5 Å². The first kappa shape index (κ1) is 17.7. The fourth-order valence-corrected chi connectivity index (χ4v) is 2.52. The number of methoxy groups -OCH3 is 1. The van der Waals surface area contributed by atoms with Crippen LogP contribution in [0.5, 0.6) is 11.5 Å². The third kappa shape index (κ3) is 4.08. The summed E-state index contributed by atoms with van der Waals surface area (Å²) < 4.78 is 34.0. The number of nitrogens with zero attached hydrogens (tertiary/aromatic N) is 1. The van der Waals surface area contributed by atoms with E-state index in [4.69, 9.17) is 4.74 Å². The maximum atomic E-state index is 12.3. The number of carbonyl (C=O) groups is 1. The predicted octanol–water partition coefficient (Wildman–Crippen LogP) is 3.15. The van der Waals surface area contributed by atoms with E-state index < -0.39 is 6.61 Å². The molecule has 136 valence electrons. The van der Waals surface area contributed by atoms with Gasteiger partial charge < -0.3 is 19.8 Å². The predicted molar refractivity (Wildman–Crippen MR) is 91.8 cm³/mol. The summed E-state index contributed by atoms with van der Waals surface area (Å²) in [5.41, 5.74) is 2.09. The van der Waals surface area contributed by atoms with Gasteiger partial charge in [-0.15, -0.1) is 0 Å². The van der Waals surface area contributed by atoms with Crippen LogP contribution in [0.1, 0.15) is 16.2 Å². The number of fused-ring (bicyclic) bond motifs is 1. The molecule has 1 amide bonds. The largest absolute Gasteiger partial charge is 0.493 e. The van der Waals surface area contributed by atoms with Crippen LogP contribution < -0.4 is 14.8 Å². The second-order valence-corrected chi connectivity index (χ2v) is 5.45. The minimum absolute atomic E-state index is 0.0650. The number of hydrogen-bond acceptors (Lipinski definition) is 4. The topological polar surface area (TPSA) is 76.2 Å². The van der Waals surface area contributed by atoms with Crippen LogP contribution in [-0.2, 0) is 6.42 Å². The average Bonchev–Trinajstić information content (AvgIpc) is 3.04. The summed E-state index contributed by atoms with van der Waals surface area (Å²) in [6.07, 6.45) is 0.532. The molecule has 6 nitrogen and oxygen atoms in total. The number of aromatic amines is 1. The zero-order valence-corrected chi connectivity index (χ0v) is 14.0. The number of ether oxygens (including phenoxy) is 2. The van der Waals surface area contributed by atoms with Crippen molar-refractivity contribution in [3.63, 3.8) is 0 Å². The van der Waals surface area contributed by atoms with Gasteiger partial charge in [0.25, 0.3) is 5.91 Å². The fraction of sp³-hybridized carbons (Fsp3) is 0.222. The van der Waals surface area contributed by atoms with Crippen molar-refractivity contribution in [2.45, 2.75) is 13.0 Å². The highest BCUT2D eigenvalue weighted by atomic mass is 19.3. The smallest absolute Gasteiger partial charge is 0.387 e. The highest BCUT2D eigenvalue weighted by Crippen LogP contribution is 2.29. The van der Waals surface area contributed by atoms with Crippen molar-refractivity contribution in [3.05, 3.63) is 53.9 Å². The number of imidazole rings is 1. The molecule has 0 bridgehead atoms. The number of nitrogens with one attached hydrogen (secondary N) is 2. The number of H-pyrrole nitrogens is 1. The van der Waals surface area contributed by atoms with Gasteiger partial charge in [0.05, 0.1) is 18.1 Å². The molecule has 0 saturated carbocycles. The molecule has 3 aromatic rings. The van der Waals surface area contributed by atoms with E-state index in [2.05, 4.69) is 20.0 Å². The molecule has 26 heavy (non-hydrogen) atoms. The molecule has 0 saturated heterocycles.